The van der Waals surface area contributed by atoms with Crippen LogP contribution in [-0.2, 0) is 19.1 Å². The van der Waals surface area contributed by atoms with E-state index in [1.165, 1.54) is 0 Å². The Labute approximate surface area is 110 Å². The molecule has 0 aromatic heterocycles. The molecule has 0 bridgehead atoms. The maximum Gasteiger partial charge on any atom is 0.330 e. The number of carboxylic acids is 1. The summed E-state index contributed by atoms with van der Waals surface area (Å²) in [7, 11) is 0. The van der Waals surface area contributed by atoms with Gasteiger partial charge < -0.3 is 19.9 Å². The number of ether oxygens (including phenoxy) is 2. The first-order valence-corrected chi connectivity index (χ1v) is 5.96. The van der Waals surface area contributed by atoms with Gasteiger partial charge in [0.25, 0.3) is 5.91 Å². The number of nitrogens with one attached hydrogen (secondary N) is 1. The maximum absolute atomic E-state index is 11.9. The summed E-state index contributed by atoms with van der Waals surface area (Å²) in [5.41, 5.74) is 0.514. The van der Waals surface area contributed by atoms with E-state index in [0.717, 1.165) is 0 Å². The summed E-state index contributed by atoms with van der Waals surface area (Å²) in [6, 6.07) is 7.44. The number of benzene rings is 1. The highest BCUT2D eigenvalue weighted by molar-refractivity contribution is 5.87. The summed E-state index contributed by atoms with van der Waals surface area (Å²) in [6.45, 7) is 0.930. The predicted molar refractivity (Wildman–Crippen MR) is 65.5 cm³/mol. The topological polar surface area (TPSA) is 84.9 Å². The van der Waals surface area contributed by atoms with E-state index in [-0.39, 0.29) is 6.61 Å². The molecule has 2 rings (SSSR count). The molecule has 0 radical (unpaired) electrons. The third kappa shape index (κ3) is 3.52. The van der Waals surface area contributed by atoms with Crippen molar-refractivity contribution >= 4 is 11.9 Å². The summed E-state index contributed by atoms with van der Waals surface area (Å²) >= 11 is 0. The summed E-state index contributed by atoms with van der Waals surface area (Å²) in [4.78, 5) is 23.1. The summed E-state index contributed by atoms with van der Waals surface area (Å²) < 4.78 is 10.3. The normalized spacial score (nSPS) is 20.5. The molecule has 6 heteroatoms. The average molecular weight is 265 g/mol. The smallest absolute Gasteiger partial charge is 0.330 e. The van der Waals surface area contributed by atoms with Gasteiger partial charge in [0, 0.05) is 0 Å². The minimum Gasteiger partial charge on any atom is -0.479 e. The predicted octanol–water partition coefficient (Wildman–Crippen LogP) is 0.344. The fourth-order valence-electron chi connectivity index (χ4n) is 1.81. The van der Waals surface area contributed by atoms with Gasteiger partial charge in [0.05, 0.1) is 19.8 Å². The van der Waals surface area contributed by atoms with E-state index in [9.17, 15) is 14.7 Å². The highest BCUT2D eigenvalue weighted by Gasteiger charge is 2.28. The quantitative estimate of drug-likeness (QED) is 0.820. The van der Waals surface area contributed by atoms with Gasteiger partial charge in [-0.15, -0.1) is 0 Å². The lowest BCUT2D eigenvalue weighted by Gasteiger charge is -2.24. The second kappa shape index (κ2) is 6.31. The van der Waals surface area contributed by atoms with Crippen LogP contribution >= 0.6 is 0 Å². The van der Waals surface area contributed by atoms with Crippen LogP contribution in [0.2, 0.25) is 0 Å². The van der Waals surface area contributed by atoms with Gasteiger partial charge in [0.1, 0.15) is 0 Å². The molecule has 1 aliphatic rings. The van der Waals surface area contributed by atoms with Crippen molar-refractivity contribution in [3.63, 3.8) is 0 Å². The SMILES string of the molecule is O=C(NC(C(=O)O)c1ccccc1)C1COCCO1. The molecule has 1 aliphatic heterocycles. The van der Waals surface area contributed by atoms with Gasteiger partial charge in [-0.2, -0.15) is 0 Å². The number of hydrogen-bond acceptors (Lipinski definition) is 4. The largest absolute Gasteiger partial charge is 0.479 e. The minimum atomic E-state index is -1.11. The van der Waals surface area contributed by atoms with Gasteiger partial charge in [0.2, 0.25) is 0 Å². The van der Waals surface area contributed by atoms with Crippen molar-refractivity contribution in [2.75, 3.05) is 19.8 Å². The molecule has 1 aromatic rings. The van der Waals surface area contributed by atoms with E-state index < -0.39 is 24.0 Å². The summed E-state index contributed by atoms with van der Waals surface area (Å²) in [6.07, 6.45) is -0.751. The zero-order valence-corrected chi connectivity index (χ0v) is 10.2. The summed E-state index contributed by atoms with van der Waals surface area (Å²) in [5, 5.41) is 11.6. The van der Waals surface area contributed by atoms with E-state index >= 15 is 0 Å². The molecule has 0 aliphatic carbocycles. The fraction of sp³-hybridized carbons (Fsp3) is 0.385. The van der Waals surface area contributed by atoms with Crippen molar-refractivity contribution in [1.82, 2.24) is 5.32 Å². The van der Waals surface area contributed by atoms with E-state index in [1.807, 2.05) is 0 Å². The van der Waals surface area contributed by atoms with E-state index in [2.05, 4.69) is 5.32 Å². The number of amides is 1. The van der Waals surface area contributed by atoms with Crippen LogP contribution in [0.5, 0.6) is 0 Å². The lowest BCUT2D eigenvalue weighted by atomic mass is 10.1. The standard InChI is InChI=1S/C13H15NO5/c15-12(10-8-18-6-7-19-10)14-11(13(16)17)9-4-2-1-3-5-9/h1-5,10-11H,6-8H2,(H,14,15)(H,16,17). The Morgan fingerprint density at radius 3 is 2.58 bits per heavy atom. The second-order valence-corrected chi connectivity index (χ2v) is 4.12. The first-order chi connectivity index (χ1) is 9.18. The maximum atomic E-state index is 11.9. The molecule has 0 spiro atoms. The highest BCUT2D eigenvalue weighted by atomic mass is 16.6. The molecule has 102 valence electrons. The Morgan fingerprint density at radius 1 is 1.26 bits per heavy atom. The van der Waals surface area contributed by atoms with Crippen LogP contribution in [0.25, 0.3) is 0 Å². The Morgan fingerprint density at radius 2 is 2.00 bits per heavy atom. The molecule has 19 heavy (non-hydrogen) atoms. The van der Waals surface area contributed by atoms with Crippen LogP contribution in [0.3, 0.4) is 0 Å². The van der Waals surface area contributed by atoms with Crippen molar-refractivity contribution in [2.45, 2.75) is 12.1 Å². The zero-order valence-electron chi connectivity index (χ0n) is 10.2. The number of carbonyl (C=O) groups excluding carboxylic acids is 1. The zero-order chi connectivity index (χ0) is 13.7. The van der Waals surface area contributed by atoms with Gasteiger partial charge in [0.15, 0.2) is 12.1 Å². The third-order valence-electron chi connectivity index (χ3n) is 2.77. The van der Waals surface area contributed by atoms with E-state index in [1.54, 1.807) is 30.3 Å². The number of aliphatic carboxylic acids is 1. The van der Waals surface area contributed by atoms with E-state index in [4.69, 9.17) is 9.47 Å². The first-order valence-electron chi connectivity index (χ1n) is 5.96. The van der Waals surface area contributed by atoms with Gasteiger partial charge in [-0.1, -0.05) is 30.3 Å². The van der Waals surface area contributed by atoms with E-state index in [0.29, 0.717) is 18.8 Å². The summed E-state index contributed by atoms with van der Waals surface area (Å²) in [5.74, 6) is -1.59. The molecule has 1 fully saturated rings. The fourth-order valence-corrected chi connectivity index (χ4v) is 1.81. The molecular formula is C13H15NO5. The van der Waals surface area contributed by atoms with Crippen LogP contribution in [0.15, 0.2) is 30.3 Å². The Balaban J connectivity index is 2.04. The number of carboxylic acid groups (broad SMARTS) is 1. The van der Waals surface area contributed by atoms with Crippen LogP contribution in [0.4, 0.5) is 0 Å². The highest BCUT2D eigenvalue weighted by Crippen LogP contribution is 2.13. The second-order valence-electron chi connectivity index (χ2n) is 4.12. The molecule has 1 saturated heterocycles. The molecule has 1 aromatic carbocycles. The van der Waals surface area contributed by atoms with Crippen LogP contribution in [-0.4, -0.2) is 42.9 Å². The number of carbonyl (C=O) groups is 2. The third-order valence-corrected chi connectivity index (χ3v) is 2.77. The Hall–Kier alpha value is -1.92. The molecule has 2 N–H and O–H groups in total. The monoisotopic (exact) mass is 265 g/mol. The van der Waals surface area contributed by atoms with Crippen molar-refractivity contribution in [2.24, 2.45) is 0 Å². The van der Waals surface area contributed by atoms with Gasteiger partial charge >= 0.3 is 5.97 Å². The van der Waals surface area contributed by atoms with Crippen molar-refractivity contribution in [3.8, 4) is 0 Å². The number of hydrogen-bond donors (Lipinski definition) is 2. The molecule has 6 nitrogen and oxygen atoms in total. The van der Waals surface area contributed by atoms with Crippen LogP contribution < -0.4 is 5.32 Å². The van der Waals surface area contributed by atoms with Crippen LogP contribution in [0.1, 0.15) is 11.6 Å². The molecule has 2 atom stereocenters. The van der Waals surface area contributed by atoms with Crippen molar-refractivity contribution in [1.29, 1.82) is 0 Å². The molecule has 0 saturated carbocycles. The lowest BCUT2D eigenvalue weighted by Crippen LogP contribution is -2.45. The van der Waals surface area contributed by atoms with Crippen LogP contribution in [0, 0.1) is 0 Å². The van der Waals surface area contributed by atoms with Gasteiger partial charge in [-0.25, -0.2) is 4.79 Å². The van der Waals surface area contributed by atoms with Crippen molar-refractivity contribution in [3.05, 3.63) is 35.9 Å². The minimum absolute atomic E-state index is 0.146. The van der Waals surface area contributed by atoms with Gasteiger partial charge in [-0.05, 0) is 5.56 Å². The molecular weight excluding hydrogens is 250 g/mol. The lowest BCUT2D eigenvalue weighted by molar-refractivity contribution is -0.152. The molecule has 1 heterocycles. The average Bonchev–Trinajstić information content (AvgIpc) is 2.46. The molecule has 1 amide bonds. The van der Waals surface area contributed by atoms with Gasteiger partial charge in [-0.3, -0.25) is 4.79 Å². The Bertz CT molecular complexity index is 442. The first kappa shape index (κ1) is 13.5. The number of rotatable bonds is 4. The molecule has 2 unspecified atom stereocenters. The Kier molecular flexibility index (Phi) is 4.48. The van der Waals surface area contributed by atoms with Crippen molar-refractivity contribution < 1.29 is 24.2 Å².